The van der Waals surface area contributed by atoms with Crippen LogP contribution < -0.4 is 10.0 Å². The molecule has 2 aromatic carbocycles. The van der Waals surface area contributed by atoms with Gasteiger partial charge in [-0.1, -0.05) is 17.2 Å². The molecule has 1 aliphatic rings. The predicted molar refractivity (Wildman–Crippen MR) is 169 cm³/mol. The van der Waals surface area contributed by atoms with Crippen LogP contribution in [0.3, 0.4) is 0 Å². The Kier molecular flexibility index (Phi) is 12.2. The first-order valence-corrected chi connectivity index (χ1v) is 16.6. The second kappa shape index (κ2) is 16.1. The number of aliphatic hydroxyl groups is 1. The summed E-state index contributed by atoms with van der Waals surface area (Å²) < 4.78 is 85.7. The van der Waals surface area contributed by atoms with E-state index < -0.39 is 74.6 Å². The van der Waals surface area contributed by atoms with Crippen LogP contribution in [0.4, 0.5) is 28.0 Å². The van der Waals surface area contributed by atoms with Crippen molar-refractivity contribution < 1.29 is 45.8 Å². The third-order valence-corrected chi connectivity index (χ3v) is 9.74. The quantitative estimate of drug-likeness (QED) is 0.0707. The molecule has 49 heavy (non-hydrogen) atoms. The average molecular weight is 708 g/mol. The molecule has 1 saturated carbocycles. The van der Waals surface area contributed by atoms with Crippen molar-refractivity contribution in [1.82, 2.24) is 14.6 Å². The van der Waals surface area contributed by atoms with E-state index in [-0.39, 0.29) is 48.3 Å². The van der Waals surface area contributed by atoms with E-state index in [4.69, 9.17) is 0 Å². The molecule has 13 nitrogen and oxygen atoms in total. The summed E-state index contributed by atoms with van der Waals surface area (Å²) in [5.74, 6) is -5.96. The third kappa shape index (κ3) is 10.1. The Labute approximate surface area is 278 Å². The molecular formula is C31H33F4N7O6S. The van der Waals surface area contributed by atoms with E-state index in [2.05, 4.69) is 25.0 Å². The van der Waals surface area contributed by atoms with Gasteiger partial charge >= 0.3 is 6.09 Å². The molecule has 4 atom stereocenters. The molecule has 0 aliphatic heterocycles. The van der Waals surface area contributed by atoms with Gasteiger partial charge in [0, 0.05) is 41.6 Å². The van der Waals surface area contributed by atoms with E-state index in [0.29, 0.717) is 18.9 Å². The smallest absolute Gasteiger partial charge is 0.407 e. The van der Waals surface area contributed by atoms with Gasteiger partial charge in [0.1, 0.15) is 29.3 Å². The fourth-order valence-electron chi connectivity index (χ4n) is 5.37. The second-order valence-corrected chi connectivity index (χ2v) is 13.6. The van der Waals surface area contributed by atoms with Crippen molar-refractivity contribution >= 4 is 27.7 Å². The molecule has 0 spiro atoms. The van der Waals surface area contributed by atoms with Gasteiger partial charge in [-0.25, -0.2) is 35.5 Å². The Bertz CT molecular complexity index is 1800. The van der Waals surface area contributed by atoms with Gasteiger partial charge in [0.25, 0.3) is 0 Å². The lowest BCUT2D eigenvalue weighted by Gasteiger charge is -2.27. The summed E-state index contributed by atoms with van der Waals surface area (Å²) in [6.07, 6.45) is -0.152. The SMILES string of the molecule is C[C@H](O)CN(C[C@H](CCc1c(F)cncc1NC(=O)[C@@H](N=[N+]=[N-])[C@@H](c1ccc(F)cc1)c1cc(F)cc(F)c1)NS(=O)(=O)C1CC1)C(=O)O. The molecule has 1 fully saturated rings. The Morgan fingerprint density at radius 1 is 1.04 bits per heavy atom. The van der Waals surface area contributed by atoms with Gasteiger partial charge in [0.15, 0.2) is 0 Å². The van der Waals surface area contributed by atoms with Crippen LogP contribution in [0, 0.1) is 23.3 Å². The van der Waals surface area contributed by atoms with Gasteiger partial charge in [0.05, 0.1) is 29.4 Å². The molecule has 0 unspecified atom stereocenters. The van der Waals surface area contributed by atoms with Crippen molar-refractivity contribution in [1.29, 1.82) is 0 Å². The fraction of sp³-hybridized carbons (Fsp3) is 0.387. The molecule has 4 N–H and O–H groups in total. The van der Waals surface area contributed by atoms with Crippen LogP contribution in [0.15, 0.2) is 60.0 Å². The second-order valence-electron chi connectivity index (χ2n) is 11.7. The maximum Gasteiger partial charge on any atom is 0.407 e. The van der Waals surface area contributed by atoms with Crippen LogP contribution in [0.25, 0.3) is 10.4 Å². The number of aromatic nitrogens is 1. The van der Waals surface area contributed by atoms with Crippen molar-refractivity contribution in [2.45, 2.75) is 62.0 Å². The van der Waals surface area contributed by atoms with Crippen molar-refractivity contribution in [3.8, 4) is 0 Å². The lowest BCUT2D eigenvalue weighted by atomic mass is 9.84. The van der Waals surface area contributed by atoms with Gasteiger partial charge in [-0.15, -0.1) is 0 Å². The lowest BCUT2D eigenvalue weighted by molar-refractivity contribution is -0.117. The number of carbonyl (C=O) groups excluding carboxylic acids is 1. The fourth-order valence-corrected chi connectivity index (χ4v) is 6.97. The number of rotatable bonds is 16. The molecule has 262 valence electrons. The number of amides is 2. The van der Waals surface area contributed by atoms with Gasteiger partial charge < -0.3 is 20.4 Å². The first-order valence-electron chi connectivity index (χ1n) is 15.0. The maximum atomic E-state index is 15.3. The van der Waals surface area contributed by atoms with E-state index in [1.807, 2.05) is 0 Å². The van der Waals surface area contributed by atoms with Crippen molar-refractivity contribution in [3.63, 3.8) is 0 Å². The predicted octanol–water partition coefficient (Wildman–Crippen LogP) is 4.83. The minimum absolute atomic E-state index is 0.125. The van der Waals surface area contributed by atoms with E-state index in [1.54, 1.807) is 0 Å². The Morgan fingerprint density at radius 2 is 1.69 bits per heavy atom. The molecule has 3 aromatic rings. The number of sulfonamides is 1. The highest BCUT2D eigenvalue weighted by atomic mass is 32.2. The van der Waals surface area contributed by atoms with Gasteiger partial charge in [-0.05, 0) is 73.5 Å². The highest BCUT2D eigenvalue weighted by molar-refractivity contribution is 7.90. The van der Waals surface area contributed by atoms with Crippen molar-refractivity contribution in [2.75, 3.05) is 18.4 Å². The number of benzene rings is 2. The average Bonchev–Trinajstić information content (AvgIpc) is 3.87. The number of azide groups is 1. The summed E-state index contributed by atoms with van der Waals surface area (Å²) >= 11 is 0. The monoisotopic (exact) mass is 707 g/mol. The van der Waals surface area contributed by atoms with E-state index in [1.165, 1.54) is 19.1 Å². The van der Waals surface area contributed by atoms with Crippen LogP contribution in [0.5, 0.6) is 0 Å². The Morgan fingerprint density at radius 3 is 2.27 bits per heavy atom. The number of carboxylic acid groups (broad SMARTS) is 1. The minimum Gasteiger partial charge on any atom is -0.465 e. The van der Waals surface area contributed by atoms with Crippen LogP contribution in [-0.4, -0.2) is 77.0 Å². The zero-order valence-electron chi connectivity index (χ0n) is 26.0. The summed E-state index contributed by atoms with van der Waals surface area (Å²) in [7, 11) is -3.85. The van der Waals surface area contributed by atoms with Crippen molar-refractivity contribution in [2.24, 2.45) is 5.11 Å². The van der Waals surface area contributed by atoms with Crippen LogP contribution in [0.1, 0.15) is 48.8 Å². The third-order valence-electron chi connectivity index (χ3n) is 7.73. The zero-order chi connectivity index (χ0) is 35.9. The normalized spacial score (nSPS) is 15.4. The van der Waals surface area contributed by atoms with Crippen LogP contribution >= 0.6 is 0 Å². The standard InChI is InChI=1S/C31H33F4N7O6S/c1-17(43)15-42(31(45)46)16-23(40-49(47,48)24-7-8-24)6-9-25-26(35)13-37-14-27(25)38-30(44)29(39-41-36)28(18-2-4-20(32)5-3-18)19-10-21(33)12-22(34)11-19/h2-5,10-14,17,23-24,28-29,40,43H,6-9,15-16H2,1H3,(H,38,44)(H,45,46)/t17-,23-,28-,29-/m0/s1. The first kappa shape index (κ1) is 37.1. The highest BCUT2D eigenvalue weighted by Gasteiger charge is 2.38. The molecule has 1 heterocycles. The minimum atomic E-state index is -3.85. The van der Waals surface area contributed by atoms with Crippen LogP contribution in [-0.2, 0) is 21.2 Å². The number of aliphatic hydroxyl groups excluding tert-OH is 1. The van der Waals surface area contributed by atoms with Gasteiger partial charge in [-0.3, -0.25) is 9.78 Å². The molecule has 0 radical (unpaired) electrons. The lowest BCUT2D eigenvalue weighted by Crippen LogP contribution is -2.48. The van der Waals surface area contributed by atoms with Crippen molar-refractivity contribution in [3.05, 3.63) is 105 Å². The summed E-state index contributed by atoms with van der Waals surface area (Å²) in [6, 6.07) is 4.17. The molecule has 18 heteroatoms. The number of hydrogen-bond acceptors (Lipinski definition) is 7. The number of carbonyl (C=O) groups is 2. The first-order chi connectivity index (χ1) is 23.2. The topological polar surface area (TPSA) is 198 Å². The number of nitrogens with one attached hydrogen (secondary N) is 2. The number of pyridine rings is 1. The number of hydrogen-bond donors (Lipinski definition) is 4. The number of anilines is 1. The molecule has 0 saturated heterocycles. The van der Waals surface area contributed by atoms with E-state index >= 15 is 4.39 Å². The zero-order valence-corrected chi connectivity index (χ0v) is 26.8. The largest absolute Gasteiger partial charge is 0.465 e. The summed E-state index contributed by atoms with van der Waals surface area (Å²) in [5, 5.41) is 24.8. The number of halogens is 4. The summed E-state index contributed by atoms with van der Waals surface area (Å²) in [6.45, 7) is 0.645. The molecule has 0 bridgehead atoms. The summed E-state index contributed by atoms with van der Waals surface area (Å²) in [4.78, 5) is 32.9. The van der Waals surface area contributed by atoms with Crippen LogP contribution in [0.2, 0.25) is 0 Å². The van der Waals surface area contributed by atoms with Gasteiger partial charge in [-0.2, -0.15) is 0 Å². The maximum absolute atomic E-state index is 15.3. The molecule has 2 amide bonds. The number of nitrogens with zero attached hydrogens (tertiary/aromatic N) is 5. The van der Waals surface area contributed by atoms with Gasteiger partial charge in [0.2, 0.25) is 15.9 Å². The van der Waals surface area contributed by atoms with E-state index in [9.17, 15) is 46.9 Å². The molecule has 1 aromatic heterocycles. The Hall–Kier alpha value is -4.77. The molecule has 4 rings (SSSR count). The molecule has 1 aliphatic carbocycles. The molecular weight excluding hydrogens is 674 g/mol. The highest BCUT2D eigenvalue weighted by Crippen LogP contribution is 2.33. The Balaban J connectivity index is 1.65. The van der Waals surface area contributed by atoms with E-state index in [0.717, 1.165) is 41.6 Å². The summed E-state index contributed by atoms with van der Waals surface area (Å²) in [5.41, 5.74) is 9.03.